The molecule has 6 heteroatoms. The van der Waals surface area contributed by atoms with E-state index in [2.05, 4.69) is 64.8 Å². The Morgan fingerprint density at radius 3 is 2.83 bits per heavy atom. The maximum Gasteiger partial charge on any atom is 0.102 e. The quantitative estimate of drug-likeness (QED) is 0.512. The van der Waals surface area contributed by atoms with E-state index in [9.17, 15) is 0 Å². The summed E-state index contributed by atoms with van der Waals surface area (Å²) in [7, 11) is 2.07. The van der Waals surface area contributed by atoms with Crippen molar-refractivity contribution in [2.75, 3.05) is 26.3 Å². The normalized spacial score (nSPS) is 20.4. The summed E-state index contributed by atoms with van der Waals surface area (Å²) >= 11 is 1.85. The molecule has 1 fully saturated rings. The third-order valence-electron chi connectivity index (χ3n) is 6.90. The summed E-state index contributed by atoms with van der Waals surface area (Å²) in [4.78, 5) is 13.2. The van der Waals surface area contributed by atoms with Crippen molar-refractivity contribution in [3.63, 3.8) is 0 Å². The topological polar surface area (TPSA) is 43.2 Å². The van der Waals surface area contributed by atoms with Gasteiger partial charge in [-0.25, -0.2) is 4.98 Å². The van der Waals surface area contributed by atoms with Gasteiger partial charge in [0.05, 0.1) is 18.5 Å². The van der Waals surface area contributed by atoms with Crippen molar-refractivity contribution in [1.82, 2.24) is 19.4 Å². The zero-order valence-corrected chi connectivity index (χ0v) is 19.8. The van der Waals surface area contributed by atoms with Gasteiger partial charge < -0.3 is 9.30 Å². The Bertz CT molecular complexity index is 990. The van der Waals surface area contributed by atoms with Crippen LogP contribution in [-0.4, -0.2) is 45.7 Å². The molecule has 3 aromatic heterocycles. The molecule has 30 heavy (non-hydrogen) atoms. The molecule has 0 N–H and O–H groups in total. The molecule has 4 heterocycles. The van der Waals surface area contributed by atoms with Crippen LogP contribution in [0.5, 0.6) is 0 Å². The molecule has 1 atom stereocenters. The molecular formula is C24H34N4OS. The molecule has 1 unspecified atom stereocenters. The van der Waals surface area contributed by atoms with Gasteiger partial charge in [-0.15, -0.1) is 11.3 Å². The van der Waals surface area contributed by atoms with Gasteiger partial charge in [0.15, 0.2) is 0 Å². The number of aromatic nitrogens is 3. The van der Waals surface area contributed by atoms with Crippen molar-refractivity contribution < 1.29 is 4.74 Å². The highest BCUT2D eigenvalue weighted by molar-refractivity contribution is 7.11. The fourth-order valence-electron chi connectivity index (χ4n) is 4.67. The minimum absolute atomic E-state index is 0.0359. The fourth-order valence-corrected chi connectivity index (χ4v) is 5.69. The van der Waals surface area contributed by atoms with E-state index in [1.807, 2.05) is 30.8 Å². The first-order valence-electron chi connectivity index (χ1n) is 11.0. The van der Waals surface area contributed by atoms with Gasteiger partial charge in [-0.05, 0) is 65.1 Å². The highest BCUT2D eigenvalue weighted by Crippen LogP contribution is 2.42. The van der Waals surface area contributed by atoms with E-state index in [1.54, 1.807) is 0 Å². The van der Waals surface area contributed by atoms with Crippen LogP contribution >= 0.6 is 11.3 Å². The van der Waals surface area contributed by atoms with E-state index in [-0.39, 0.29) is 11.0 Å². The number of imidazole rings is 1. The van der Waals surface area contributed by atoms with Crippen LogP contribution in [0.15, 0.2) is 30.0 Å². The van der Waals surface area contributed by atoms with Crippen molar-refractivity contribution in [2.45, 2.75) is 52.5 Å². The van der Waals surface area contributed by atoms with E-state index in [0.717, 1.165) is 44.8 Å². The first-order chi connectivity index (χ1) is 14.3. The minimum Gasteiger partial charge on any atom is -0.381 e. The van der Waals surface area contributed by atoms with Crippen LogP contribution in [0.1, 0.15) is 49.7 Å². The molecule has 1 saturated heterocycles. The molecule has 0 radical (unpaired) electrons. The predicted molar refractivity (Wildman–Crippen MR) is 124 cm³/mol. The van der Waals surface area contributed by atoms with Crippen molar-refractivity contribution in [3.05, 3.63) is 46.2 Å². The molecule has 3 aromatic rings. The van der Waals surface area contributed by atoms with Crippen LogP contribution in [-0.2, 0) is 23.7 Å². The highest BCUT2D eigenvalue weighted by atomic mass is 32.1. The minimum atomic E-state index is -0.0359. The Hall–Kier alpha value is -1.76. The van der Waals surface area contributed by atoms with Crippen LogP contribution in [0, 0.1) is 12.3 Å². The van der Waals surface area contributed by atoms with Gasteiger partial charge in [0.2, 0.25) is 0 Å². The zero-order chi connectivity index (χ0) is 21.4. The molecular weight excluding hydrogens is 392 g/mol. The lowest BCUT2D eigenvalue weighted by molar-refractivity contribution is 0.0386. The second-order valence-corrected chi connectivity index (χ2v) is 10.3. The number of hydrogen-bond donors (Lipinski definition) is 0. The molecule has 0 bridgehead atoms. The maximum atomic E-state index is 6.01. The Balaban J connectivity index is 1.51. The monoisotopic (exact) mass is 426 g/mol. The summed E-state index contributed by atoms with van der Waals surface area (Å²) in [6, 6.07) is 4.35. The molecule has 1 aliphatic rings. The lowest BCUT2D eigenvalue weighted by Gasteiger charge is -2.38. The van der Waals surface area contributed by atoms with Crippen molar-refractivity contribution in [3.8, 4) is 0 Å². The van der Waals surface area contributed by atoms with Gasteiger partial charge in [-0.3, -0.25) is 9.88 Å². The number of aryl methyl sites for hydroxylation is 3. The Morgan fingerprint density at radius 2 is 2.10 bits per heavy atom. The van der Waals surface area contributed by atoms with E-state index in [0.29, 0.717) is 0 Å². The van der Waals surface area contributed by atoms with Gasteiger partial charge >= 0.3 is 0 Å². The molecule has 5 nitrogen and oxygen atoms in total. The molecule has 0 spiro atoms. The molecule has 4 rings (SSSR count). The molecule has 0 amide bonds. The second-order valence-electron chi connectivity index (χ2n) is 9.30. The van der Waals surface area contributed by atoms with Gasteiger partial charge in [0, 0.05) is 53.3 Å². The van der Waals surface area contributed by atoms with Crippen molar-refractivity contribution >= 4 is 22.4 Å². The van der Waals surface area contributed by atoms with Gasteiger partial charge in [-0.2, -0.15) is 0 Å². The lowest BCUT2D eigenvalue weighted by Crippen LogP contribution is -2.42. The largest absolute Gasteiger partial charge is 0.381 e. The van der Waals surface area contributed by atoms with Crippen LogP contribution < -0.4 is 0 Å². The zero-order valence-electron chi connectivity index (χ0n) is 18.9. The third-order valence-corrected chi connectivity index (χ3v) is 7.92. The number of pyridine rings is 1. The van der Waals surface area contributed by atoms with Crippen molar-refractivity contribution in [2.24, 2.45) is 12.5 Å². The predicted octanol–water partition coefficient (Wildman–Crippen LogP) is 4.93. The van der Waals surface area contributed by atoms with E-state index < -0.39 is 0 Å². The fraction of sp³-hybridized carbons (Fsp3) is 0.583. The Kier molecular flexibility index (Phi) is 6.02. The average Bonchev–Trinajstić information content (AvgIpc) is 3.43. The number of likely N-dealkylation sites (tertiary alicyclic amines) is 1. The first-order valence-corrected chi connectivity index (χ1v) is 11.9. The molecule has 162 valence electrons. The number of fused-ring (bicyclic) bond motifs is 1. The lowest BCUT2D eigenvalue weighted by atomic mass is 9.82. The Morgan fingerprint density at radius 1 is 1.27 bits per heavy atom. The molecule has 0 saturated carbocycles. The van der Waals surface area contributed by atoms with E-state index in [1.165, 1.54) is 27.9 Å². The van der Waals surface area contributed by atoms with Gasteiger partial charge in [0.25, 0.3) is 0 Å². The number of ether oxygens (including phenoxy) is 1. The third kappa shape index (κ3) is 4.05. The standard InChI is InChI=1S/C24H34N4OS/c1-6-29-16-24(10-9-21-22-20(14-30-21)27(5)17-26-22)11-12-28(15-24)23(3,4)19-8-7-18(2)25-13-19/h7-8,13-14,17H,6,9-12,15-16H2,1-5H3. The van der Waals surface area contributed by atoms with Gasteiger partial charge in [-0.1, -0.05) is 6.07 Å². The first kappa shape index (κ1) is 21.5. The molecule has 1 aliphatic heterocycles. The van der Waals surface area contributed by atoms with E-state index >= 15 is 0 Å². The number of thiophene rings is 1. The number of rotatable bonds is 8. The smallest absolute Gasteiger partial charge is 0.102 e. The highest BCUT2D eigenvalue weighted by Gasteiger charge is 2.43. The van der Waals surface area contributed by atoms with Crippen LogP contribution in [0.4, 0.5) is 0 Å². The Labute approximate surface area is 184 Å². The summed E-state index contributed by atoms with van der Waals surface area (Å²) in [6.45, 7) is 12.6. The average molecular weight is 427 g/mol. The van der Waals surface area contributed by atoms with Crippen LogP contribution in [0.3, 0.4) is 0 Å². The summed E-state index contributed by atoms with van der Waals surface area (Å²) in [5.41, 5.74) is 4.93. The van der Waals surface area contributed by atoms with Crippen LogP contribution in [0.25, 0.3) is 11.0 Å². The summed E-state index contributed by atoms with van der Waals surface area (Å²) < 4.78 is 8.12. The summed E-state index contributed by atoms with van der Waals surface area (Å²) in [6.07, 6.45) is 7.34. The van der Waals surface area contributed by atoms with Crippen molar-refractivity contribution in [1.29, 1.82) is 0 Å². The van der Waals surface area contributed by atoms with Gasteiger partial charge in [0.1, 0.15) is 5.52 Å². The number of nitrogens with zero attached hydrogens (tertiary/aromatic N) is 4. The second kappa shape index (κ2) is 8.40. The number of hydrogen-bond acceptors (Lipinski definition) is 5. The SMILES string of the molecule is CCOCC1(CCc2scc3c2ncn3C)CCN(C(C)(C)c2ccc(C)nc2)C1. The molecule has 0 aromatic carbocycles. The summed E-state index contributed by atoms with van der Waals surface area (Å²) in [5, 5.41) is 2.24. The maximum absolute atomic E-state index is 6.01. The molecule has 0 aliphatic carbocycles. The van der Waals surface area contributed by atoms with Crippen LogP contribution in [0.2, 0.25) is 0 Å². The summed E-state index contributed by atoms with van der Waals surface area (Å²) in [5.74, 6) is 0. The van der Waals surface area contributed by atoms with E-state index in [4.69, 9.17) is 4.74 Å².